The number of hydrogen-bond acceptors (Lipinski definition) is 7. The minimum atomic E-state index is -0.449. The molecular weight excluding hydrogens is 422 g/mol. The summed E-state index contributed by atoms with van der Waals surface area (Å²) in [7, 11) is 2.15. The zero-order valence-corrected chi connectivity index (χ0v) is 19.6. The van der Waals surface area contributed by atoms with Crippen molar-refractivity contribution in [1.29, 1.82) is 0 Å². The Morgan fingerprint density at radius 1 is 1.19 bits per heavy atom. The van der Waals surface area contributed by atoms with Crippen molar-refractivity contribution in [2.45, 2.75) is 26.4 Å². The Morgan fingerprint density at radius 3 is 2.69 bits per heavy atom. The second-order valence-corrected chi connectivity index (χ2v) is 9.29. The first-order valence-electron chi connectivity index (χ1n) is 10.8. The average Bonchev–Trinajstić information content (AvgIpc) is 3.24. The molecule has 0 saturated carbocycles. The molecule has 4 rings (SSSR count). The summed E-state index contributed by atoms with van der Waals surface area (Å²) in [5.74, 6) is 1.30. The van der Waals surface area contributed by atoms with Crippen LogP contribution < -0.4 is 15.4 Å². The molecule has 1 aliphatic rings. The molecule has 2 N–H and O–H groups in total. The van der Waals surface area contributed by atoms with Crippen molar-refractivity contribution in [1.82, 2.24) is 14.9 Å². The Morgan fingerprint density at radius 2 is 1.97 bits per heavy atom. The van der Waals surface area contributed by atoms with Crippen LogP contribution in [0.25, 0.3) is 11.3 Å². The standard InChI is InChI=1S/C24H29N5O2S/c1-16(2)31-21-5-4-18(24(25)30)12-19(21)14-23-27-20(15-32-23)17-6-7-26-22(13-17)29-10-8-28(3)9-11-29/h4-7,12-13,15-16H,8-11,14H2,1-3H3,(H2,25,30). The fourth-order valence-electron chi connectivity index (χ4n) is 3.71. The molecule has 1 aromatic carbocycles. The summed E-state index contributed by atoms with van der Waals surface area (Å²) in [6.07, 6.45) is 2.46. The molecule has 0 bridgehead atoms. The van der Waals surface area contributed by atoms with Crippen molar-refractivity contribution in [2.24, 2.45) is 5.73 Å². The molecule has 1 amide bonds. The largest absolute Gasteiger partial charge is 0.491 e. The average molecular weight is 452 g/mol. The highest BCUT2D eigenvalue weighted by Crippen LogP contribution is 2.29. The number of thiazole rings is 1. The number of ether oxygens (including phenoxy) is 1. The summed E-state index contributed by atoms with van der Waals surface area (Å²) in [4.78, 5) is 25.8. The predicted molar refractivity (Wildman–Crippen MR) is 129 cm³/mol. The number of nitrogens with zero attached hydrogens (tertiary/aromatic N) is 4. The van der Waals surface area contributed by atoms with Gasteiger partial charge in [0, 0.05) is 60.9 Å². The van der Waals surface area contributed by atoms with E-state index in [1.807, 2.05) is 32.2 Å². The molecule has 168 valence electrons. The van der Waals surface area contributed by atoms with Crippen molar-refractivity contribution in [3.05, 3.63) is 58.0 Å². The number of carbonyl (C=O) groups is 1. The highest BCUT2D eigenvalue weighted by molar-refractivity contribution is 7.10. The highest BCUT2D eigenvalue weighted by Gasteiger charge is 2.17. The van der Waals surface area contributed by atoms with Gasteiger partial charge in [-0.1, -0.05) is 0 Å². The molecule has 0 radical (unpaired) electrons. The predicted octanol–water partition coefficient (Wildman–Crippen LogP) is 3.43. The third-order valence-electron chi connectivity index (χ3n) is 5.47. The van der Waals surface area contributed by atoms with E-state index in [1.165, 1.54) is 0 Å². The second kappa shape index (κ2) is 9.67. The molecule has 1 fully saturated rings. The molecular formula is C24H29N5O2S. The minimum absolute atomic E-state index is 0.0323. The van der Waals surface area contributed by atoms with Gasteiger partial charge in [0.15, 0.2) is 0 Å². The van der Waals surface area contributed by atoms with Crippen LogP contribution in [-0.2, 0) is 6.42 Å². The van der Waals surface area contributed by atoms with Gasteiger partial charge in [-0.05, 0) is 51.2 Å². The number of hydrogen-bond donors (Lipinski definition) is 1. The molecule has 0 aliphatic carbocycles. The van der Waals surface area contributed by atoms with E-state index in [0.717, 1.165) is 59.6 Å². The van der Waals surface area contributed by atoms with Crippen molar-refractivity contribution in [3.63, 3.8) is 0 Å². The summed E-state index contributed by atoms with van der Waals surface area (Å²) in [6, 6.07) is 9.44. The van der Waals surface area contributed by atoms with Gasteiger partial charge < -0.3 is 20.3 Å². The fourth-order valence-corrected chi connectivity index (χ4v) is 4.54. The second-order valence-electron chi connectivity index (χ2n) is 8.35. The number of rotatable bonds is 7. The summed E-state index contributed by atoms with van der Waals surface area (Å²) in [5.41, 5.74) is 8.85. The molecule has 7 nitrogen and oxygen atoms in total. The zero-order chi connectivity index (χ0) is 22.7. The molecule has 8 heteroatoms. The van der Waals surface area contributed by atoms with Crippen LogP contribution in [-0.4, -0.2) is 60.1 Å². The Bertz CT molecular complexity index is 1090. The number of benzene rings is 1. The lowest BCUT2D eigenvalue weighted by Gasteiger charge is -2.33. The van der Waals surface area contributed by atoms with E-state index in [9.17, 15) is 4.79 Å². The van der Waals surface area contributed by atoms with Crippen LogP contribution in [0.15, 0.2) is 41.9 Å². The molecule has 0 spiro atoms. The minimum Gasteiger partial charge on any atom is -0.491 e. The molecule has 3 aromatic rings. The fraction of sp³-hybridized carbons (Fsp3) is 0.375. The summed E-state index contributed by atoms with van der Waals surface area (Å²) >= 11 is 1.60. The van der Waals surface area contributed by atoms with Crippen LogP contribution in [0, 0.1) is 0 Å². The van der Waals surface area contributed by atoms with Crippen LogP contribution >= 0.6 is 11.3 Å². The lowest BCUT2D eigenvalue weighted by atomic mass is 10.1. The number of pyridine rings is 1. The Labute approximate surface area is 192 Å². The monoisotopic (exact) mass is 451 g/mol. The molecule has 1 aliphatic heterocycles. The van der Waals surface area contributed by atoms with Crippen LogP contribution in [0.4, 0.5) is 5.82 Å². The van der Waals surface area contributed by atoms with E-state index in [0.29, 0.717) is 12.0 Å². The van der Waals surface area contributed by atoms with Gasteiger partial charge in [-0.3, -0.25) is 4.79 Å². The number of primary amides is 1. The maximum Gasteiger partial charge on any atom is 0.248 e. The van der Waals surface area contributed by atoms with Gasteiger partial charge in [0.05, 0.1) is 16.8 Å². The topological polar surface area (TPSA) is 84.6 Å². The smallest absolute Gasteiger partial charge is 0.248 e. The third-order valence-corrected chi connectivity index (χ3v) is 6.32. The van der Waals surface area contributed by atoms with Gasteiger partial charge in [0.25, 0.3) is 0 Å². The van der Waals surface area contributed by atoms with E-state index in [2.05, 4.69) is 33.3 Å². The van der Waals surface area contributed by atoms with Crippen LogP contribution in [0.5, 0.6) is 5.75 Å². The van der Waals surface area contributed by atoms with E-state index in [1.54, 1.807) is 23.5 Å². The number of likely N-dealkylation sites (N-methyl/N-ethyl adjacent to an activating group) is 1. The Kier molecular flexibility index (Phi) is 6.72. The molecule has 1 saturated heterocycles. The first-order valence-corrected chi connectivity index (χ1v) is 11.7. The molecule has 32 heavy (non-hydrogen) atoms. The molecule has 0 atom stereocenters. The first-order chi connectivity index (χ1) is 15.4. The molecule has 0 unspecified atom stereocenters. The summed E-state index contributed by atoms with van der Waals surface area (Å²) in [5, 5.41) is 3.02. The number of carbonyl (C=O) groups excluding carboxylic acids is 1. The van der Waals surface area contributed by atoms with Gasteiger partial charge >= 0.3 is 0 Å². The van der Waals surface area contributed by atoms with Crippen molar-refractivity contribution >= 4 is 23.1 Å². The van der Waals surface area contributed by atoms with E-state index in [4.69, 9.17) is 15.5 Å². The summed E-state index contributed by atoms with van der Waals surface area (Å²) in [6.45, 7) is 7.99. The normalized spacial score (nSPS) is 14.7. The SMILES string of the molecule is CC(C)Oc1ccc(C(N)=O)cc1Cc1nc(-c2ccnc(N3CCN(C)CC3)c2)cs1. The highest BCUT2D eigenvalue weighted by atomic mass is 32.1. The van der Waals surface area contributed by atoms with Gasteiger partial charge in [-0.2, -0.15) is 0 Å². The van der Waals surface area contributed by atoms with Gasteiger partial charge in [0.2, 0.25) is 5.91 Å². The van der Waals surface area contributed by atoms with Crippen molar-refractivity contribution in [2.75, 3.05) is 38.1 Å². The maximum atomic E-state index is 11.7. The first kappa shape index (κ1) is 22.2. The maximum absolute atomic E-state index is 11.7. The lowest BCUT2D eigenvalue weighted by molar-refractivity contribution is 0.1000. The number of anilines is 1. The van der Waals surface area contributed by atoms with Crippen LogP contribution in [0.2, 0.25) is 0 Å². The lowest BCUT2D eigenvalue weighted by Crippen LogP contribution is -2.44. The quantitative estimate of drug-likeness (QED) is 0.592. The van der Waals surface area contributed by atoms with Crippen LogP contribution in [0.3, 0.4) is 0 Å². The molecule has 3 heterocycles. The van der Waals surface area contributed by atoms with Crippen LogP contribution in [0.1, 0.15) is 34.8 Å². The van der Waals surface area contributed by atoms with Gasteiger partial charge in [-0.15, -0.1) is 11.3 Å². The van der Waals surface area contributed by atoms with Gasteiger partial charge in [0.1, 0.15) is 11.6 Å². The van der Waals surface area contributed by atoms with E-state index >= 15 is 0 Å². The zero-order valence-electron chi connectivity index (χ0n) is 18.7. The Hall–Kier alpha value is -2.97. The number of nitrogens with two attached hydrogens (primary N) is 1. The van der Waals surface area contributed by atoms with E-state index in [-0.39, 0.29) is 6.10 Å². The summed E-state index contributed by atoms with van der Waals surface area (Å²) < 4.78 is 5.94. The van der Waals surface area contributed by atoms with Gasteiger partial charge in [-0.25, -0.2) is 9.97 Å². The number of aromatic nitrogens is 2. The molecule has 2 aromatic heterocycles. The van der Waals surface area contributed by atoms with Crippen molar-refractivity contribution in [3.8, 4) is 17.0 Å². The number of piperazine rings is 1. The Balaban J connectivity index is 1.55. The van der Waals surface area contributed by atoms with Crippen molar-refractivity contribution < 1.29 is 9.53 Å². The third kappa shape index (κ3) is 5.26. The number of amides is 1. The van der Waals surface area contributed by atoms with E-state index < -0.39 is 5.91 Å².